The largest absolute Gasteiger partial charge is 0.390 e. The Hall–Kier alpha value is -1.48. The van der Waals surface area contributed by atoms with Crippen LogP contribution < -0.4 is 10.6 Å². The van der Waals surface area contributed by atoms with Crippen molar-refractivity contribution in [3.8, 4) is 11.3 Å². The summed E-state index contributed by atoms with van der Waals surface area (Å²) in [7, 11) is 2.18. The van der Waals surface area contributed by atoms with Gasteiger partial charge in [-0.15, -0.1) is 0 Å². The molecule has 180 valence electrons. The van der Waals surface area contributed by atoms with Gasteiger partial charge in [0.25, 0.3) is 0 Å². The Balaban J connectivity index is 1.52. The van der Waals surface area contributed by atoms with Crippen molar-refractivity contribution in [1.82, 2.24) is 19.8 Å². The van der Waals surface area contributed by atoms with Crippen LogP contribution in [0, 0.1) is 12.3 Å². The zero-order valence-electron chi connectivity index (χ0n) is 19.5. The number of nitrogens with zero attached hydrogens (tertiary/aromatic N) is 5. The first kappa shape index (κ1) is 24.6. The smallest absolute Gasteiger partial charge is 0.153 e. The first-order valence-corrected chi connectivity index (χ1v) is 12.4. The topological polar surface area (TPSA) is 81.8 Å². The fourth-order valence-electron chi connectivity index (χ4n) is 4.94. The van der Waals surface area contributed by atoms with E-state index in [2.05, 4.69) is 21.7 Å². The quantitative estimate of drug-likeness (QED) is 0.640. The predicted molar refractivity (Wildman–Crippen MR) is 135 cm³/mol. The van der Waals surface area contributed by atoms with E-state index in [1.165, 1.54) is 0 Å². The summed E-state index contributed by atoms with van der Waals surface area (Å²) >= 11 is 12.6. The molecule has 2 aliphatic heterocycles. The molecule has 3 N–H and O–H groups in total. The molecule has 0 spiro atoms. The molecule has 3 heterocycles. The van der Waals surface area contributed by atoms with Crippen LogP contribution in [0.2, 0.25) is 10.0 Å². The zero-order valence-corrected chi connectivity index (χ0v) is 21.0. The number of aromatic nitrogens is 2. The number of hydrogen-bond acceptors (Lipinski definition) is 7. The van der Waals surface area contributed by atoms with Gasteiger partial charge >= 0.3 is 0 Å². The summed E-state index contributed by atoms with van der Waals surface area (Å²) < 4.78 is 0. The monoisotopic (exact) mass is 492 g/mol. The first-order valence-electron chi connectivity index (χ1n) is 11.6. The van der Waals surface area contributed by atoms with Crippen LogP contribution in [0.1, 0.15) is 24.2 Å². The van der Waals surface area contributed by atoms with Crippen molar-refractivity contribution < 1.29 is 5.11 Å². The van der Waals surface area contributed by atoms with Gasteiger partial charge in [-0.05, 0) is 44.8 Å². The van der Waals surface area contributed by atoms with Gasteiger partial charge in [-0.2, -0.15) is 0 Å². The SMILES string of the molecule is Cc1nc(N2CCC(CN)(CN3CCN(C)CC3)CC2)c(CO)nc1-c1cccc(Cl)c1Cl. The number of likely N-dealkylation sites (N-methyl/N-ethyl adjacent to an activating group) is 1. The van der Waals surface area contributed by atoms with Gasteiger partial charge in [0.15, 0.2) is 5.82 Å². The lowest BCUT2D eigenvalue weighted by Gasteiger charge is -2.45. The number of nitrogens with two attached hydrogens (primary N) is 1. The van der Waals surface area contributed by atoms with E-state index in [-0.39, 0.29) is 12.0 Å². The number of rotatable bonds is 6. The van der Waals surface area contributed by atoms with Gasteiger partial charge in [0.1, 0.15) is 5.69 Å². The molecule has 0 bridgehead atoms. The number of halogens is 2. The Kier molecular flexibility index (Phi) is 7.78. The molecule has 33 heavy (non-hydrogen) atoms. The van der Waals surface area contributed by atoms with E-state index in [4.69, 9.17) is 38.9 Å². The molecular formula is C24H34Cl2N6O. The number of piperidine rings is 1. The third-order valence-electron chi connectivity index (χ3n) is 7.19. The maximum atomic E-state index is 10.1. The van der Waals surface area contributed by atoms with E-state index in [1.54, 1.807) is 6.07 Å². The average Bonchev–Trinajstić information content (AvgIpc) is 2.83. The van der Waals surface area contributed by atoms with Crippen molar-refractivity contribution >= 4 is 29.0 Å². The second-order valence-corrected chi connectivity index (χ2v) is 10.2. The average molecular weight is 493 g/mol. The van der Waals surface area contributed by atoms with E-state index in [0.717, 1.165) is 75.7 Å². The van der Waals surface area contributed by atoms with Crippen LogP contribution in [0.5, 0.6) is 0 Å². The van der Waals surface area contributed by atoms with Gasteiger partial charge in [-0.25, -0.2) is 9.97 Å². The summed E-state index contributed by atoms with van der Waals surface area (Å²) in [5.41, 5.74) is 9.14. The van der Waals surface area contributed by atoms with Crippen LogP contribution in [-0.2, 0) is 6.61 Å². The molecule has 2 saturated heterocycles. The van der Waals surface area contributed by atoms with Crippen LogP contribution >= 0.6 is 23.2 Å². The number of benzene rings is 1. The zero-order chi connectivity index (χ0) is 23.6. The summed E-state index contributed by atoms with van der Waals surface area (Å²) in [4.78, 5) is 16.8. The molecule has 7 nitrogen and oxygen atoms in total. The summed E-state index contributed by atoms with van der Waals surface area (Å²) in [6.45, 7) is 9.62. The fraction of sp³-hybridized carbons (Fsp3) is 0.583. The number of piperazine rings is 1. The molecular weight excluding hydrogens is 459 g/mol. The fourth-order valence-corrected chi connectivity index (χ4v) is 5.33. The Labute approximate surface area is 206 Å². The van der Waals surface area contributed by atoms with Crippen molar-refractivity contribution in [1.29, 1.82) is 0 Å². The number of aryl methyl sites for hydroxylation is 1. The molecule has 2 aliphatic rings. The molecule has 9 heteroatoms. The van der Waals surface area contributed by atoms with E-state index >= 15 is 0 Å². The molecule has 0 unspecified atom stereocenters. The highest BCUT2D eigenvalue weighted by Gasteiger charge is 2.36. The van der Waals surface area contributed by atoms with Crippen LogP contribution in [0.25, 0.3) is 11.3 Å². The molecule has 0 atom stereocenters. The minimum atomic E-state index is -0.187. The molecule has 1 aromatic heterocycles. The molecule has 2 aromatic rings. The Bertz CT molecular complexity index is 972. The lowest BCUT2D eigenvalue weighted by Crippen LogP contribution is -2.54. The third-order valence-corrected chi connectivity index (χ3v) is 8.01. The maximum Gasteiger partial charge on any atom is 0.153 e. The van der Waals surface area contributed by atoms with E-state index in [0.29, 0.717) is 28.0 Å². The van der Waals surface area contributed by atoms with E-state index in [9.17, 15) is 5.11 Å². The van der Waals surface area contributed by atoms with Gasteiger partial charge < -0.3 is 25.5 Å². The summed E-state index contributed by atoms with van der Waals surface area (Å²) in [6.07, 6.45) is 2.01. The number of aliphatic hydroxyl groups excluding tert-OH is 1. The maximum absolute atomic E-state index is 10.1. The van der Waals surface area contributed by atoms with Crippen molar-refractivity contribution in [3.63, 3.8) is 0 Å². The molecule has 4 rings (SSSR count). The Morgan fingerprint density at radius 1 is 1.06 bits per heavy atom. The van der Waals surface area contributed by atoms with Gasteiger partial charge in [-0.1, -0.05) is 35.3 Å². The highest BCUT2D eigenvalue weighted by atomic mass is 35.5. The summed E-state index contributed by atoms with van der Waals surface area (Å²) in [5, 5.41) is 11.0. The standard InChI is InChI=1S/C24H34Cl2N6O/c1-17-22(18-4-3-5-19(25)21(18)26)29-20(14-33)23(28-17)32-8-6-24(15-27,7-9-32)16-31-12-10-30(2)11-13-31/h3-5,33H,6-16,27H2,1-2H3. The summed E-state index contributed by atoms with van der Waals surface area (Å²) in [5.74, 6) is 0.752. The molecule has 0 saturated carbocycles. The highest BCUT2D eigenvalue weighted by molar-refractivity contribution is 6.43. The minimum Gasteiger partial charge on any atom is -0.390 e. The lowest BCUT2D eigenvalue weighted by molar-refractivity contribution is 0.0833. The molecule has 1 aromatic carbocycles. The van der Waals surface area contributed by atoms with Crippen molar-refractivity contribution in [2.45, 2.75) is 26.4 Å². The van der Waals surface area contributed by atoms with Crippen LogP contribution in [0.15, 0.2) is 18.2 Å². The third kappa shape index (κ3) is 5.29. The normalized spacial score (nSPS) is 19.8. The van der Waals surface area contributed by atoms with Gasteiger partial charge in [-0.3, -0.25) is 0 Å². The highest BCUT2D eigenvalue weighted by Crippen LogP contribution is 2.37. The molecule has 0 amide bonds. The van der Waals surface area contributed by atoms with E-state index in [1.807, 2.05) is 19.1 Å². The Morgan fingerprint density at radius 3 is 2.39 bits per heavy atom. The van der Waals surface area contributed by atoms with Crippen molar-refractivity contribution in [3.05, 3.63) is 39.6 Å². The number of aliphatic hydroxyl groups is 1. The van der Waals surface area contributed by atoms with Crippen molar-refractivity contribution in [2.24, 2.45) is 11.1 Å². The molecule has 2 fully saturated rings. The van der Waals surface area contributed by atoms with Gasteiger partial charge in [0.05, 0.1) is 28.0 Å². The molecule has 0 aliphatic carbocycles. The van der Waals surface area contributed by atoms with Crippen LogP contribution in [0.3, 0.4) is 0 Å². The second kappa shape index (κ2) is 10.4. The summed E-state index contributed by atoms with van der Waals surface area (Å²) in [6, 6.07) is 5.46. The Morgan fingerprint density at radius 2 is 1.76 bits per heavy atom. The first-order chi connectivity index (χ1) is 15.9. The van der Waals surface area contributed by atoms with Gasteiger partial charge in [0.2, 0.25) is 0 Å². The minimum absolute atomic E-state index is 0.127. The van der Waals surface area contributed by atoms with Crippen molar-refractivity contribution in [2.75, 3.05) is 64.3 Å². The van der Waals surface area contributed by atoms with Gasteiger partial charge in [0, 0.05) is 51.4 Å². The number of anilines is 1. The second-order valence-electron chi connectivity index (χ2n) is 9.46. The van der Waals surface area contributed by atoms with Crippen LogP contribution in [-0.4, -0.2) is 84.3 Å². The van der Waals surface area contributed by atoms with Crippen LogP contribution in [0.4, 0.5) is 5.82 Å². The molecule has 0 radical (unpaired) electrons. The lowest BCUT2D eigenvalue weighted by atomic mass is 9.77. The van der Waals surface area contributed by atoms with E-state index < -0.39 is 0 Å². The predicted octanol–water partition coefficient (Wildman–Crippen LogP) is 3.04. The number of hydrogen-bond donors (Lipinski definition) is 2.